The van der Waals surface area contributed by atoms with Gasteiger partial charge in [0.2, 0.25) is 0 Å². The smallest absolute Gasteiger partial charge is 0.274 e. The van der Waals surface area contributed by atoms with Gasteiger partial charge in [-0.3, -0.25) is 0 Å². The van der Waals surface area contributed by atoms with E-state index in [1.807, 2.05) is 41.5 Å². The molecule has 1 aromatic carbocycles. The molecule has 0 amide bonds. The van der Waals surface area contributed by atoms with Gasteiger partial charge in [0.1, 0.15) is 5.75 Å². The van der Waals surface area contributed by atoms with Gasteiger partial charge in [0.15, 0.2) is 0 Å². The van der Waals surface area contributed by atoms with Crippen molar-refractivity contribution < 1.29 is 13.9 Å². The van der Waals surface area contributed by atoms with E-state index in [0.29, 0.717) is 12.0 Å². The lowest BCUT2D eigenvalue weighted by Crippen LogP contribution is -2.04. The van der Waals surface area contributed by atoms with E-state index in [4.69, 9.17) is 0 Å². The number of halogens is 2. The monoisotopic (exact) mass is 300 g/mol. The Labute approximate surface area is 128 Å². The summed E-state index contributed by atoms with van der Waals surface area (Å²) in [6, 6.07) is 3.12. The lowest BCUT2D eigenvalue weighted by atomic mass is 9.85. The molecule has 0 aromatic heterocycles. The molecule has 21 heavy (non-hydrogen) atoms. The van der Waals surface area contributed by atoms with Crippen molar-refractivity contribution in [2.75, 3.05) is 0 Å². The maximum Gasteiger partial charge on any atom is 0.274 e. The van der Waals surface area contributed by atoms with E-state index >= 15 is 0 Å². The number of hydrogen-bond acceptors (Lipinski definition) is 1. The van der Waals surface area contributed by atoms with Gasteiger partial charge in [0, 0.05) is 5.57 Å². The summed E-state index contributed by atoms with van der Waals surface area (Å²) in [5.74, 6) is 0.159. The predicted molar refractivity (Wildman–Crippen MR) is 89.0 cm³/mol. The van der Waals surface area contributed by atoms with Crippen molar-refractivity contribution in [2.45, 2.75) is 67.7 Å². The first kappa shape index (κ1) is 21.9. The fraction of sp³-hybridized carbons (Fsp3) is 0.556. The van der Waals surface area contributed by atoms with Crippen molar-refractivity contribution in [1.82, 2.24) is 0 Å². The van der Waals surface area contributed by atoms with Crippen molar-refractivity contribution in [3.8, 4) is 5.75 Å². The minimum absolute atomic E-state index is 0.147. The Bertz CT molecular complexity index is 433. The minimum atomic E-state index is -1.59. The summed E-state index contributed by atoms with van der Waals surface area (Å²) in [6.07, 6.45) is 0.329. The summed E-state index contributed by atoms with van der Waals surface area (Å²) in [6.45, 7) is 13.8. The summed E-state index contributed by atoms with van der Waals surface area (Å²) < 4.78 is 25.4. The van der Waals surface area contributed by atoms with Crippen molar-refractivity contribution in [3.05, 3.63) is 34.9 Å². The third kappa shape index (κ3) is 6.28. The molecule has 1 aliphatic rings. The second-order valence-corrected chi connectivity index (χ2v) is 3.89. The van der Waals surface area contributed by atoms with E-state index in [-0.39, 0.29) is 11.3 Å². The van der Waals surface area contributed by atoms with E-state index in [0.717, 1.165) is 24.0 Å². The number of aryl methyl sites for hydroxylation is 2. The number of phenolic OH excluding ortho intramolecular Hbond substituents is 1. The Hall–Kier alpha value is -1.38. The largest absolute Gasteiger partial charge is 0.508 e. The van der Waals surface area contributed by atoms with Crippen molar-refractivity contribution >= 4 is 5.57 Å². The van der Waals surface area contributed by atoms with Crippen LogP contribution in [0.2, 0.25) is 0 Å². The highest BCUT2D eigenvalue weighted by Crippen LogP contribution is 2.37. The van der Waals surface area contributed by atoms with Gasteiger partial charge in [-0.2, -0.15) is 8.78 Å². The minimum Gasteiger partial charge on any atom is -0.508 e. The van der Waals surface area contributed by atoms with Crippen LogP contribution in [0, 0.1) is 6.92 Å². The molecular formula is C18H30F2O. The highest BCUT2D eigenvalue weighted by Gasteiger charge is 2.20. The molecule has 1 aliphatic carbocycles. The quantitative estimate of drug-likeness (QED) is 0.563. The highest BCUT2D eigenvalue weighted by atomic mass is 19.3. The number of rotatable bonds is 0. The van der Waals surface area contributed by atoms with Gasteiger partial charge in [-0.15, -0.1) is 0 Å². The lowest BCUT2D eigenvalue weighted by molar-refractivity contribution is 0.421. The number of fused-ring (bicyclic) bond motifs is 1. The number of benzene rings is 1. The van der Waals surface area contributed by atoms with Crippen molar-refractivity contribution in [3.63, 3.8) is 0 Å². The molecule has 0 saturated carbocycles. The summed E-state index contributed by atoms with van der Waals surface area (Å²) in [5.41, 5.74) is 2.35. The van der Waals surface area contributed by atoms with Crippen molar-refractivity contribution in [2.24, 2.45) is 0 Å². The summed E-state index contributed by atoms with van der Waals surface area (Å²) in [4.78, 5) is 0. The Balaban J connectivity index is 0. The number of hydrogen-bond donors (Lipinski definition) is 1. The predicted octanol–water partition coefficient (Wildman–Crippen LogP) is 6.72. The zero-order chi connectivity index (χ0) is 17.0. The Morgan fingerprint density at radius 2 is 1.48 bits per heavy atom. The van der Waals surface area contributed by atoms with Crippen LogP contribution in [0.1, 0.15) is 71.1 Å². The van der Waals surface area contributed by atoms with Crippen LogP contribution in [0.4, 0.5) is 8.78 Å². The summed E-state index contributed by atoms with van der Waals surface area (Å²) in [5, 5.41) is 9.39. The Kier molecular flexibility index (Phi) is 12.9. The molecular weight excluding hydrogens is 270 g/mol. The molecule has 0 saturated heterocycles. The molecule has 0 unspecified atom stereocenters. The van der Waals surface area contributed by atoms with Crippen LogP contribution in [0.3, 0.4) is 0 Å². The van der Waals surface area contributed by atoms with E-state index in [1.54, 1.807) is 13.0 Å². The lowest BCUT2D eigenvalue weighted by Gasteiger charge is -2.20. The Morgan fingerprint density at radius 3 is 1.95 bits per heavy atom. The Morgan fingerprint density at radius 1 is 0.952 bits per heavy atom. The van der Waals surface area contributed by atoms with Crippen LogP contribution in [0.25, 0.3) is 5.57 Å². The number of allylic oxidation sites excluding steroid dienone is 1. The molecule has 1 N–H and O–H groups in total. The van der Waals surface area contributed by atoms with E-state index in [2.05, 4.69) is 0 Å². The van der Waals surface area contributed by atoms with Crippen LogP contribution in [-0.2, 0) is 6.42 Å². The molecule has 0 fully saturated rings. The molecule has 1 aromatic rings. The second-order valence-electron chi connectivity index (χ2n) is 3.89. The molecule has 0 bridgehead atoms. The van der Waals surface area contributed by atoms with E-state index in [1.165, 1.54) is 6.07 Å². The number of aromatic hydroxyl groups is 1. The standard InChI is InChI=1S/C12H12F2O.3C2H6/c1-7-5-9(15)6-8-3-2-4-10(11(7)8)12(13)14;3*1-2/h5-6,15H,2-4H2,1H3;3*1-2H3. The summed E-state index contributed by atoms with van der Waals surface area (Å²) in [7, 11) is 0. The number of phenols is 1. The van der Waals surface area contributed by atoms with Gasteiger partial charge in [-0.05, 0) is 55.0 Å². The first-order valence-electron chi connectivity index (χ1n) is 7.96. The average Bonchev–Trinajstić information content (AvgIpc) is 2.52. The van der Waals surface area contributed by atoms with Crippen LogP contribution in [0.5, 0.6) is 5.75 Å². The highest BCUT2D eigenvalue weighted by molar-refractivity contribution is 5.73. The maximum absolute atomic E-state index is 12.7. The fourth-order valence-corrected chi connectivity index (χ4v) is 2.24. The van der Waals surface area contributed by atoms with Gasteiger partial charge in [0.05, 0.1) is 0 Å². The normalized spacial score (nSPS) is 11.6. The molecule has 0 heterocycles. The van der Waals surface area contributed by atoms with E-state index in [9.17, 15) is 13.9 Å². The van der Waals surface area contributed by atoms with Crippen LogP contribution >= 0.6 is 0 Å². The maximum atomic E-state index is 12.7. The third-order valence-electron chi connectivity index (χ3n) is 2.80. The molecule has 3 heteroatoms. The molecule has 0 radical (unpaired) electrons. The van der Waals surface area contributed by atoms with Gasteiger partial charge in [-0.25, -0.2) is 0 Å². The molecule has 2 rings (SSSR count). The zero-order valence-electron chi connectivity index (χ0n) is 14.5. The first-order chi connectivity index (χ1) is 10.1. The third-order valence-corrected chi connectivity index (χ3v) is 2.80. The SMILES string of the molecule is CC.CC.CC.Cc1cc(O)cc2c1C(=C(F)F)CCC2. The fourth-order valence-electron chi connectivity index (χ4n) is 2.24. The molecule has 1 nitrogen and oxygen atoms in total. The molecule has 0 spiro atoms. The first-order valence-corrected chi connectivity index (χ1v) is 7.96. The topological polar surface area (TPSA) is 20.2 Å². The van der Waals surface area contributed by atoms with Crippen LogP contribution in [0.15, 0.2) is 18.2 Å². The van der Waals surface area contributed by atoms with Gasteiger partial charge >= 0.3 is 0 Å². The van der Waals surface area contributed by atoms with Gasteiger partial charge < -0.3 is 5.11 Å². The van der Waals surface area contributed by atoms with Gasteiger partial charge in [0.25, 0.3) is 6.08 Å². The summed E-state index contributed by atoms with van der Waals surface area (Å²) >= 11 is 0. The second kappa shape index (κ2) is 12.4. The molecule has 0 atom stereocenters. The van der Waals surface area contributed by atoms with E-state index < -0.39 is 6.08 Å². The average molecular weight is 300 g/mol. The molecule has 0 aliphatic heterocycles. The molecule has 122 valence electrons. The van der Waals surface area contributed by atoms with Crippen LogP contribution in [-0.4, -0.2) is 5.11 Å². The van der Waals surface area contributed by atoms with Gasteiger partial charge in [-0.1, -0.05) is 41.5 Å². The van der Waals surface area contributed by atoms with Crippen molar-refractivity contribution in [1.29, 1.82) is 0 Å². The zero-order valence-corrected chi connectivity index (χ0v) is 14.5. The van der Waals surface area contributed by atoms with Crippen LogP contribution < -0.4 is 0 Å².